The SMILES string of the molecule is CC#Cc1cccc2nc([C@H](C)NC(=O)OC(C)(C)C)n(C)c(=O)c12. The lowest BCUT2D eigenvalue weighted by Crippen LogP contribution is -2.36. The van der Waals surface area contributed by atoms with Gasteiger partial charge in [-0.15, -0.1) is 5.92 Å². The number of amides is 1. The van der Waals surface area contributed by atoms with Crippen molar-refractivity contribution < 1.29 is 9.53 Å². The smallest absolute Gasteiger partial charge is 0.408 e. The topological polar surface area (TPSA) is 73.2 Å². The summed E-state index contributed by atoms with van der Waals surface area (Å²) >= 11 is 0. The fourth-order valence-corrected chi connectivity index (χ4v) is 2.50. The molecule has 0 spiro atoms. The molecule has 1 atom stereocenters. The predicted octanol–water partition coefficient (Wildman–Crippen LogP) is 2.89. The maximum Gasteiger partial charge on any atom is 0.408 e. The second kappa shape index (κ2) is 6.98. The highest BCUT2D eigenvalue weighted by Crippen LogP contribution is 2.17. The van der Waals surface area contributed by atoms with Crippen LogP contribution >= 0.6 is 0 Å². The molecule has 1 heterocycles. The molecule has 0 bridgehead atoms. The van der Waals surface area contributed by atoms with E-state index in [1.54, 1.807) is 53.8 Å². The van der Waals surface area contributed by atoms with Crippen LogP contribution in [0.2, 0.25) is 0 Å². The average Bonchev–Trinajstić information content (AvgIpc) is 2.49. The molecule has 0 aliphatic heterocycles. The van der Waals surface area contributed by atoms with E-state index in [1.807, 2.05) is 6.07 Å². The molecule has 0 fully saturated rings. The number of rotatable bonds is 2. The van der Waals surface area contributed by atoms with Crippen LogP contribution in [-0.2, 0) is 11.8 Å². The molecule has 0 unspecified atom stereocenters. The van der Waals surface area contributed by atoms with Gasteiger partial charge in [0.05, 0.1) is 16.9 Å². The van der Waals surface area contributed by atoms with E-state index >= 15 is 0 Å². The molecule has 0 saturated carbocycles. The Balaban J connectivity index is 2.46. The zero-order chi connectivity index (χ0) is 18.8. The zero-order valence-electron chi connectivity index (χ0n) is 15.4. The monoisotopic (exact) mass is 341 g/mol. The van der Waals surface area contributed by atoms with Crippen LogP contribution in [0.25, 0.3) is 10.9 Å². The first-order valence-corrected chi connectivity index (χ1v) is 8.06. The molecule has 1 N–H and O–H groups in total. The summed E-state index contributed by atoms with van der Waals surface area (Å²) in [5, 5.41) is 3.19. The van der Waals surface area contributed by atoms with Crippen molar-refractivity contribution in [3.8, 4) is 11.8 Å². The third-order valence-corrected chi connectivity index (χ3v) is 3.52. The van der Waals surface area contributed by atoms with Crippen molar-refractivity contribution in [1.82, 2.24) is 14.9 Å². The molecule has 132 valence electrons. The summed E-state index contributed by atoms with van der Waals surface area (Å²) in [5.41, 5.74) is 0.403. The number of carbonyl (C=O) groups excluding carboxylic acids is 1. The Morgan fingerprint density at radius 1 is 1.36 bits per heavy atom. The second-order valence-corrected chi connectivity index (χ2v) is 6.78. The normalized spacial score (nSPS) is 12.2. The summed E-state index contributed by atoms with van der Waals surface area (Å²) in [6.45, 7) is 8.85. The van der Waals surface area contributed by atoms with Gasteiger partial charge in [-0.1, -0.05) is 12.0 Å². The van der Waals surface area contributed by atoms with Crippen molar-refractivity contribution in [2.75, 3.05) is 0 Å². The highest BCUT2D eigenvalue weighted by Gasteiger charge is 2.21. The molecule has 2 aromatic rings. The summed E-state index contributed by atoms with van der Waals surface area (Å²) in [6.07, 6.45) is -0.556. The number of hydrogen-bond acceptors (Lipinski definition) is 4. The predicted molar refractivity (Wildman–Crippen MR) is 97.3 cm³/mol. The van der Waals surface area contributed by atoms with Gasteiger partial charge in [0.25, 0.3) is 5.56 Å². The third kappa shape index (κ3) is 4.18. The minimum absolute atomic E-state index is 0.198. The third-order valence-electron chi connectivity index (χ3n) is 3.52. The largest absolute Gasteiger partial charge is 0.444 e. The van der Waals surface area contributed by atoms with Crippen LogP contribution in [0.5, 0.6) is 0 Å². The van der Waals surface area contributed by atoms with Gasteiger partial charge < -0.3 is 10.1 Å². The number of benzene rings is 1. The van der Waals surface area contributed by atoms with E-state index in [0.29, 0.717) is 22.3 Å². The fourth-order valence-electron chi connectivity index (χ4n) is 2.50. The van der Waals surface area contributed by atoms with Crippen molar-refractivity contribution in [2.45, 2.75) is 46.3 Å². The van der Waals surface area contributed by atoms with E-state index in [0.717, 1.165) is 0 Å². The first-order chi connectivity index (χ1) is 11.6. The van der Waals surface area contributed by atoms with E-state index in [9.17, 15) is 9.59 Å². The number of hydrogen-bond donors (Lipinski definition) is 1. The lowest BCUT2D eigenvalue weighted by Gasteiger charge is -2.22. The van der Waals surface area contributed by atoms with Crippen molar-refractivity contribution in [3.63, 3.8) is 0 Å². The first kappa shape index (κ1) is 18.5. The van der Waals surface area contributed by atoms with Gasteiger partial charge in [-0.25, -0.2) is 9.78 Å². The summed E-state index contributed by atoms with van der Waals surface area (Å²) in [4.78, 5) is 29.3. The molecule has 1 aromatic carbocycles. The minimum Gasteiger partial charge on any atom is -0.444 e. The number of nitrogens with zero attached hydrogens (tertiary/aromatic N) is 2. The van der Waals surface area contributed by atoms with Crippen molar-refractivity contribution in [1.29, 1.82) is 0 Å². The number of carbonyl (C=O) groups is 1. The summed E-state index contributed by atoms with van der Waals surface area (Å²) in [6, 6.07) is 4.88. The summed E-state index contributed by atoms with van der Waals surface area (Å²) in [5.74, 6) is 6.19. The Hall–Kier alpha value is -2.81. The van der Waals surface area contributed by atoms with Gasteiger partial charge in [-0.3, -0.25) is 9.36 Å². The van der Waals surface area contributed by atoms with Crippen molar-refractivity contribution in [3.05, 3.63) is 39.9 Å². The molecular weight excluding hydrogens is 318 g/mol. The highest BCUT2D eigenvalue weighted by molar-refractivity contribution is 5.84. The second-order valence-electron chi connectivity index (χ2n) is 6.78. The Morgan fingerprint density at radius 2 is 2.04 bits per heavy atom. The number of ether oxygens (including phenoxy) is 1. The lowest BCUT2D eigenvalue weighted by atomic mass is 10.1. The van der Waals surface area contributed by atoms with Crippen molar-refractivity contribution in [2.24, 2.45) is 7.05 Å². The molecular formula is C19H23N3O3. The summed E-state index contributed by atoms with van der Waals surface area (Å²) in [7, 11) is 1.63. The number of nitrogens with one attached hydrogen (secondary N) is 1. The van der Waals surface area contributed by atoms with E-state index in [4.69, 9.17) is 4.74 Å². The number of alkyl carbamates (subject to hydrolysis) is 1. The van der Waals surface area contributed by atoms with E-state index in [1.165, 1.54) is 4.57 Å². The molecule has 2 rings (SSSR count). The van der Waals surface area contributed by atoms with Crippen LogP contribution in [0.3, 0.4) is 0 Å². The molecule has 0 saturated heterocycles. The van der Waals surface area contributed by atoms with Crippen LogP contribution in [0.1, 0.15) is 52.0 Å². The minimum atomic E-state index is -0.597. The van der Waals surface area contributed by atoms with E-state index in [2.05, 4.69) is 22.1 Å². The molecule has 6 nitrogen and oxygen atoms in total. The van der Waals surface area contributed by atoms with E-state index in [-0.39, 0.29) is 5.56 Å². The number of aromatic nitrogens is 2. The Labute approximate surface area is 147 Å². The zero-order valence-corrected chi connectivity index (χ0v) is 15.4. The molecule has 0 aliphatic carbocycles. The maximum absolute atomic E-state index is 12.8. The molecule has 1 aromatic heterocycles. The Kier molecular flexibility index (Phi) is 5.17. The van der Waals surface area contributed by atoms with Gasteiger partial charge >= 0.3 is 6.09 Å². The quantitative estimate of drug-likeness (QED) is 0.853. The van der Waals surface area contributed by atoms with E-state index < -0.39 is 17.7 Å². The van der Waals surface area contributed by atoms with Crippen molar-refractivity contribution >= 4 is 17.0 Å². The molecule has 6 heteroatoms. The maximum atomic E-state index is 12.8. The molecule has 0 radical (unpaired) electrons. The van der Waals surface area contributed by atoms with Crippen LogP contribution < -0.4 is 10.9 Å². The molecule has 25 heavy (non-hydrogen) atoms. The van der Waals surface area contributed by atoms with Crippen LogP contribution in [-0.4, -0.2) is 21.2 Å². The number of fused-ring (bicyclic) bond motifs is 1. The summed E-state index contributed by atoms with van der Waals surface area (Å²) < 4.78 is 6.69. The van der Waals surface area contributed by atoms with Gasteiger partial charge in [0.15, 0.2) is 0 Å². The van der Waals surface area contributed by atoms with Gasteiger partial charge in [0.1, 0.15) is 11.4 Å². The lowest BCUT2D eigenvalue weighted by molar-refractivity contribution is 0.0505. The van der Waals surface area contributed by atoms with Gasteiger partial charge in [-0.05, 0) is 46.8 Å². The molecule has 1 amide bonds. The average molecular weight is 341 g/mol. The van der Waals surface area contributed by atoms with Crippen LogP contribution in [0, 0.1) is 11.8 Å². The van der Waals surface area contributed by atoms with Crippen LogP contribution in [0.15, 0.2) is 23.0 Å². The standard InChI is InChI=1S/C19H23N3O3/c1-7-9-13-10-8-11-14-15(13)17(23)22(6)16(21-14)12(2)20-18(24)25-19(3,4)5/h8,10-12H,1-6H3,(H,20,24)/t12-/m0/s1. The Morgan fingerprint density at radius 3 is 2.64 bits per heavy atom. The fraction of sp³-hybridized carbons (Fsp3) is 0.421. The highest BCUT2D eigenvalue weighted by atomic mass is 16.6. The first-order valence-electron chi connectivity index (χ1n) is 8.06. The Bertz CT molecular complexity index is 927. The van der Waals surface area contributed by atoms with Gasteiger partial charge in [0.2, 0.25) is 0 Å². The van der Waals surface area contributed by atoms with Crippen LogP contribution in [0.4, 0.5) is 4.79 Å². The van der Waals surface area contributed by atoms with Gasteiger partial charge in [0, 0.05) is 12.6 Å². The molecule has 0 aliphatic rings. The van der Waals surface area contributed by atoms with Gasteiger partial charge in [-0.2, -0.15) is 0 Å².